The van der Waals surface area contributed by atoms with E-state index in [0.717, 1.165) is 69.1 Å². The Morgan fingerprint density at radius 1 is 1.18 bits per heavy atom. The van der Waals surface area contributed by atoms with E-state index < -0.39 is 0 Å². The number of ether oxygens (including phenoxy) is 1. The number of benzene rings is 1. The number of aliphatic imine (C=N–C) groups is 1. The van der Waals surface area contributed by atoms with Crippen LogP contribution in [0.15, 0.2) is 29.3 Å². The van der Waals surface area contributed by atoms with Gasteiger partial charge in [-0.25, -0.2) is 4.99 Å². The Balaban J connectivity index is 1.52. The Morgan fingerprint density at radius 3 is 2.64 bits per heavy atom. The second-order valence-electron chi connectivity index (χ2n) is 8.13. The standard InChI is InChI=1S/C22H37N5O/c1-4-23-22(24-15-18(2)27-13-11-26(3)12-14-27)25-16-20-7-5-6-8-21(20)28-17-19-9-10-19/h5-8,18-19H,4,9-17H2,1-3H3,(H2,23,24,25). The molecule has 1 aliphatic heterocycles. The summed E-state index contributed by atoms with van der Waals surface area (Å²) < 4.78 is 6.02. The average molecular weight is 388 g/mol. The van der Waals surface area contributed by atoms with Gasteiger partial charge in [0.1, 0.15) is 5.75 Å². The van der Waals surface area contributed by atoms with Gasteiger partial charge in [0.15, 0.2) is 5.96 Å². The molecule has 0 amide bonds. The van der Waals surface area contributed by atoms with Crippen LogP contribution in [-0.2, 0) is 6.54 Å². The van der Waals surface area contributed by atoms with Crippen molar-refractivity contribution < 1.29 is 4.74 Å². The molecule has 2 N–H and O–H groups in total. The van der Waals surface area contributed by atoms with E-state index in [-0.39, 0.29) is 0 Å². The number of piperazine rings is 1. The van der Waals surface area contributed by atoms with Crippen molar-refractivity contribution in [3.8, 4) is 5.75 Å². The maximum absolute atomic E-state index is 6.02. The largest absolute Gasteiger partial charge is 0.493 e. The van der Waals surface area contributed by atoms with E-state index in [1.54, 1.807) is 0 Å². The van der Waals surface area contributed by atoms with Gasteiger partial charge < -0.3 is 20.3 Å². The molecule has 0 aromatic heterocycles. The van der Waals surface area contributed by atoms with Crippen molar-refractivity contribution in [2.45, 2.75) is 39.3 Å². The van der Waals surface area contributed by atoms with Crippen LogP contribution < -0.4 is 15.4 Å². The first kappa shape index (κ1) is 20.9. The first-order chi connectivity index (χ1) is 13.7. The molecule has 1 unspecified atom stereocenters. The predicted octanol–water partition coefficient (Wildman–Crippen LogP) is 2.17. The highest BCUT2D eigenvalue weighted by Gasteiger charge is 2.22. The van der Waals surface area contributed by atoms with Crippen molar-refractivity contribution >= 4 is 5.96 Å². The van der Waals surface area contributed by atoms with Crippen molar-refractivity contribution in [2.24, 2.45) is 10.9 Å². The van der Waals surface area contributed by atoms with Crippen LogP contribution in [0.3, 0.4) is 0 Å². The van der Waals surface area contributed by atoms with E-state index in [2.05, 4.69) is 59.5 Å². The molecule has 28 heavy (non-hydrogen) atoms. The molecule has 1 saturated carbocycles. The molecule has 1 heterocycles. The number of para-hydroxylation sites is 1. The van der Waals surface area contributed by atoms with Crippen molar-refractivity contribution in [3.05, 3.63) is 29.8 Å². The zero-order valence-electron chi connectivity index (χ0n) is 17.8. The van der Waals surface area contributed by atoms with E-state index >= 15 is 0 Å². The summed E-state index contributed by atoms with van der Waals surface area (Å²) in [5.41, 5.74) is 1.15. The van der Waals surface area contributed by atoms with Gasteiger partial charge in [0.25, 0.3) is 0 Å². The van der Waals surface area contributed by atoms with Crippen LogP contribution in [0.2, 0.25) is 0 Å². The Bertz CT molecular complexity index is 623. The van der Waals surface area contributed by atoms with Crippen molar-refractivity contribution in [1.82, 2.24) is 20.4 Å². The zero-order valence-corrected chi connectivity index (χ0v) is 17.8. The molecule has 2 fully saturated rings. The average Bonchev–Trinajstić information content (AvgIpc) is 3.54. The normalized spacial score (nSPS) is 20.0. The fourth-order valence-corrected chi connectivity index (χ4v) is 3.41. The molecule has 0 spiro atoms. The molecular weight excluding hydrogens is 350 g/mol. The molecule has 2 aliphatic rings. The quantitative estimate of drug-likeness (QED) is 0.502. The summed E-state index contributed by atoms with van der Waals surface area (Å²) >= 11 is 0. The number of guanidine groups is 1. The van der Waals surface area contributed by atoms with Crippen molar-refractivity contribution in [3.63, 3.8) is 0 Å². The molecule has 1 saturated heterocycles. The second kappa shape index (κ2) is 10.7. The van der Waals surface area contributed by atoms with Crippen LogP contribution in [0.5, 0.6) is 5.75 Å². The number of likely N-dealkylation sites (N-methyl/N-ethyl adjacent to an activating group) is 1. The van der Waals surface area contributed by atoms with E-state index in [0.29, 0.717) is 12.6 Å². The van der Waals surface area contributed by atoms with Gasteiger partial charge in [-0.05, 0) is 45.7 Å². The lowest BCUT2D eigenvalue weighted by Crippen LogP contribution is -2.52. The maximum Gasteiger partial charge on any atom is 0.191 e. The molecule has 1 aliphatic carbocycles. The summed E-state index contributed by atoms with van der Waals surface area (Å²) in [6, 6.07) is 8.76. The van der Waals surface area contributed by atoms with Crippen LogP contribution in [-0.4, -0.2) is 74.7 Å². The van der Waals surface area contributed by atoms with Crippen LogP contribution >= 0.6 is 0 Å². The summed E-state index contributed by atoms with van der Waals surface area (Å²) in [4.78, 5) is 9.75. The molecule has 0 bridgehead atoms. The number of hydrogen-bond acceptors (Lipinski definition) is 4. The molecular formula is C22H37N5O. The molecule has 1 aromatic carbocycles. The summed E-state index contributed by atoms with van der Waals surface area (Å²) in [7, 11) is 2.20. The lowest BCUT2D eigenvalue weighted by molar-refractivity contribution is 0.120. The fourth-order valence-electron chi connectivity index (χ4n) is 3.41. The van der Waals surface area contributed by atoms with Crippen molar-refractivity contribution in [1.29, 1.82) is 0 Å². The second-order valence-corrected chi connectivity index (χ2v) is 8.13. The van der Waals surface area contributed by atoms with Crippen LogP contribution in [0, 0.1) is 5.92 Å². The molecule has 6 heteroatoms. The van der Waals surface area contributed by atoms with Gasteiger partial charge in [0, 0.05) is 50.9 Å². The number of hydrogen-bond donors (Lipinski definition) is 2. The van der Waals surface area contributed by atoms with Crippen molar-refractivity contribution in [2.75, 3.05) is 52.9 Å². The van der Waals surface area contributed by atoms with E-state index in [1.165, 1.54) is 12.8 Å². The Kier molecular flexibility index (Phi) is 7.98. The zero-order chi connectivity index (χ0) is 19.8. The van der Waals surface area contributed by atoms with Crippen LogP contribution in [0.25, 0.3) is 0 Å². The summed E-state index contributed by atoms with van der Waals surface area (Å²) in [5, 5.41) is 6.89. The van der Waals surface area contributed by atoms with Crippen LogP contribution in [0.4, 0.5) is 0 Å². The lowest BCUT2D eigenvalue weighted by atomic mass is 10.2. The topological polar surface area (TPSA) is 52.1 Å². The lowest BCUT2D eigenvalue weighted by Gasteiger charge is -2.36. The highest BCUT2D eigenvalue weighted by molar-refractivity contribution is 5.79. The molecule has 156 valence electrons. The smallest absolute Gasteiger partial charge is 0.191 e. The highest BCUT2D eigenvalue weighted by Crippen LogP contribution is 2.30. The molecule has 0 radical (unpaired) electrons. The number of nitrogens with zero attached hydrogens (tertiary/aromatic N) is 3. The van der Waals surface area contributed by atoms with Crippen LogP contribution in [0.1, 0.15) is 32.3 Å². The summed E-state index contributed by atoms with van der Waals surface area (Å²) in [5.74, 6) is 2.60. The third-order valence-electron chi connectivity index (χ3n) is 5.62. The fraction of sp³-hybridized carbons (Fsp3) is 0.682. The Morgan fingerprint density at radius 2 is 1.93 bits per heavy atom. The van der Waals surface area contributed by atoms with E-state index in [9.17, 15) is 0 Å². The molecule has 1 aromatic rings. The van der Waals surface area contributed by atoms with Gasteiger partial charge >= 0.3 is 0 Å². The first-order valence-electron chi connectivity index (χ1n) is 10.8. The third-order valence-corrected chi connectivity index (χ3v) is 5.62. The van der Waals surface area contributed by atoms with Gasteiger partial charge in [0.2, 0.25) is 0 Å². The van der Waals surface area contributed by atoms with Gasteiger partial charge in [0.05, 0.1) is 13.2 Å². The maximum atomic E-state index is 6.02. The number of nitrogens with one attached hydrogen (secondary N) is 2. The minimum absolute atomic E-state index is 0.492. The van der Waals surface area contributed by atoms with E-state index in [1.807, 2.05) is 6.07 Å². The Labute approximate surface area is 170 Å². The van der Waals surface area contributed by atoms with Gasteiger partial charge in [-0.3, -0.25) is 4.90 Å². The van der Waals surface area contributed by atoms with Gasteiger partial charge in [-0.1, -0.05) is 18.2 Å². The minimum atomic E-state index is 0.492. The van der Waals surface area contributed by atoms with Gasteiger partial charge in [-0.15, -0.1) is 0 Å². The molecule has 3 rings (SSSR count). The highest BCUT2D eigenvalue weighted by atomic mass is 16.5. The van der Waals surface area contributed by atoms with Gasteiger partial charge in [-0.2, -0.15) is 0 Å². The predicted molar refractivity (Wildman–Crippen MR) is 116 cm³/mol. The summed E-state index contributed by atoms with van der Waals surface area (Å²) in [6.07, 6.45) is 2.61. The monoisotopic (exact) mass is 387 g/mol. The first-order valence-corrected chi connectivity index (χ1v) is 10.8. The minimum Gasteiger partial charge on any atom is -0.493 e. The third kappa shape index (κ3) is 6.67. The number of rotatable bonds is 9. The molecule has 1 atom stereocenters. The SMILES string of the molecule is CCNC(=NCc1ccccc1OCC1CC1)NCC(C)N1CCN(C)CC1. The molecule has 6 nitrogen and oxygen atoms in total. The Hall–Kier alpha value is -1.79. The van der Waals surface area contributed by atoms with E-state index in [4.69, 9.17) is 9.73 Å². The summed E-state index contributed by atoms with van der Waals surface area (Å²) in [6.45, 7) is 12.2.